The number of guanidine groups is 1. The van der Waals surface area contributed by atoms with Crippen molar-refractivity contribution in [3.05, 3.63) is 63.1 Å². The molecule has 0 bridgehead atoms. The lowest BCUT2D eigenvalue weighted by atomic mass is 10.00. The van der Waals surface area contributed by atoms with Crippen molar-refractivity contribution in [1.29, 1.82) is 0 Å². The fourth-order valence-corrected chi connectivity index (χ4v) is 4.07. The second kappa shape index (κ2) is 13.2. The molecular formula is C24H26Cl2FN5O5. The van der Waals surface area contributed by atoms with Crippen LogP contribution in [0.3, 0.4) is 0 Å². The lowest BCUT2D eigenvalue weighted by Crippen LogP contribution is -2.45. The van der Waals surface area contributed by atoms with E-state index in [0.717, 1.165) is 0 Å². The van der Waals surface area contributed by atoms with Crippen molar-refractivity contribution in [3.8, 4) is 5.75 Å². The van der Waals surface area contributed by atoms with Gasteiger partial charge >= 0.3 is 5.97 Å². The number of carboxylic acids is 1. The monoisotopic (exact) mass is 553 g/mol. The first kappa shape index (κ1) is 28.2. The summed E-state index contributed by atoms with van der Waals surface area (Å²) < 4.78 is 12.5. The molecule has 37 heavy (non-hydrogen) atoms. The average Bonchev–Trinajstić information content (AvgIpc) is 3.66. The minimum absolute atomic E-state index is 0.0114. The number of aliphatic carboxylic acids is 1. The standard InChI is InChI=1S/C24H26Cl2FN5O5/c25-16-8-13(4-5-19(34)14-2-1-3-15(33)10-14)9-17(26)21(16)22(35)31-18(23(36)37)11-30-24(28-7-6-27)32-20-12-29-20/h1-3,8-10,12,18-20,33-34H,4-7,11H2,(H,31,35)(H,36,37)(H2,28,30,32)/t18-,19?,20?/m0/s1. The number of benzene rings is 2. The van der Waals surface area contributed by atoms with Gasteiger partial charge in [-0.25, -0.2) is 9.18 Å². The van der Waals surface area contributed by atoms with Crippen LogP contribution >= 0.6 is 23.2 Å². The Kier molecular flexibility index (Phi) is 10.1. The molecule has 0 fully saturated rings. The SMILES string of the molecule is O=C(N[C@@H](CN=C(NCCF)NC1C=N1)C(=O)O)c1c(Cl)cc(CCC(O)c2cccc(O)c2)cc1Cl. The van der Waals surface area contributed by atoms with Gasteiger partial charge in [-0.15, -0.1) is 0 Å². The largest absolute Gasteiger partial charge is 0.508 e. The van der Waals surface area contributed by atoms with Crippen LogP contribution in [0.25, 0.3) is 0 Å². The number of alkyl halides is 1. The van der Waals surface area contributed by atoms with Gasteiger partial charge in [-0.3, -0.25) is 14.8 Å². The first-order valence-electron chi connectivity index (χ1n) is 11.3. The minimum Gasteiger partial charge on any atom is -0.508 e. The highest BCUT2D eigenvalue weighted by Gasteiger charge is 2.25. The number of aliphatic hydroxyl groups is 1. The van der Waals surface area contributed by atoms with Crippen molar-refractivity contribution >= 4 is 47.3 Å². The summed E-state index contributed by atoms with van der Waals surface area (Å²) in [7, 11) is 0. The van der Waals surface area contributed by atoms with E-state index >= 15 is 0 Å². The summed E-state index contributed by atoms with van der Waals surface area (Å²) in [6, 6.07) is 7.91. The predicted molar refractivity (Wildman–Crippen MR) is 138 cm³/mol. The van der Waals surface area contributed by atoms with Gasteiger partial charge < -0.3 is 31.3 Å². The molecule has 1 heterocycles. The summed E-state index contributed by atoms with van der Waals surface area (Å²) in [6.07, 6.45) is 1.14. The number of nitrogens with zero attached hydrogens (tertiary/aromatic N) is 2. The molecule has 0 aromatic heterocycles. The Morgan fingerprint density at radius 3 is 2.49 bits per heavy atom. The Labute approximate surface area is 222 Å². The van der Waals surface area contributed by atoms with Crippen LogP contribution in [0.5, 0.6) is 5.75 Å². The number of aryl methyl sites for hydroxylation is 1. The van der Waals surface area contributed by atoms with Gasteiger partial charge in [0.25, 0.3) is 5.91 Å². The number of rotatable bonds is 12. The fraction of sp³-hybridized carbons (Fsp3) is 0.333. The van der Waals surface area contributed by atoms with Crippen LogP contribution in [0, 0.1) is 0 Å². The molecule has 0 spiro atoms. The third-order valence-electron chi connectivity index (χ3n) is 5.30. The van der Waals surface area contributed by atoms with Gasteiger partial charge in [-0.05, 0) is 48.2 Å². The van der Waals surface area contributed by atoms with Crippen molar-refractivity contribution in [2.24, 2.45) is 9.98 Å². The number of phenolic OH excluding ortho intramolecular Hbond substituents is 1. The number of aromatic hydroxyl groups is 1. The molecule has 3 atom stereocenters. The Balaban J connectivity index is 1.65. The Morgan fingerprint density at radius 2 is 1.89 bits per heavy atom. The zero-order valence-corrected chi connectivity index (χ0v) is 21.0. The number of hydrogen-bond donors (Lipinski definition) is 6. The number of carbonyl (C=O) groups is 2. The van der Waals surface area contributed by atoms with Crippen LogP contribution in [0.1, 0.15) is 34.0 Å². The molecule has 0 saturated heterocycles. The number of hydrogen-bond acceptors (Lipinski definition) is 6. The number of phenols is 1. The fourth-order valence-electron chi connectivity index (χ4n) is 3.36. The first-order chi connectivity index (χ1) is 17.7. The predicted octanol–water partition coefficient (Wildman–Crippen LogP) is 2.46. The normalized spacial score (nSPS) is 16.1. The molecule has 1 aliphatic heterocycles. The van der Waals surface area contributed by atoms with E-state index < -0.39 is 30.7 Å². The van der Waals surface area contributed by atoms with Gasteiger partial charge in [-0.2, -0.15) is 0 Å². The highest BCUT2D eigenvalue weighted by atomic mass is 35.5. The maximum atomic E-state index is 12.8. The van der Waals surface area contributed by atoms with Crippen LogP contribution < -0.4 is 16.0 Å². The molecule has 0 radical (unpaired) electrons. The summed E-state index contributed by atoms with van der Waals surface area (Å²) in [5, 5.41) is 37.4. The highest BCUT2D eigenvalue weighted by Crippen LogP contribution is 2.29. The van der Waals surface area contributed by atoms with Crippen LogP contribution in [-0.4, -0.2) is 71.3 Å². The van der Waals surface area contributed by atoms with E-state index in [4.69, 9.17) is 23.2 Å². The third-order valence-corrected chi connectivity index (χ3v) is 5.89. The number of carbonyl (C=O) groups excluding carboxylic acids is 1. The molecule has 0 saturated carbocycles. The number of aliphatic hydroxyl groups excluding tert-OH is 1. The third kappa shape index (κ3) is 8.59. The van der Waals surface area contributed by atoms with Crippen LogP contribution in [-0.2, 0) is 11.2 Å². The molecule has 3 rings (SSSR count). The van der Waals surface area contributed by atoms with Crippen molar-refractivity contribution in [1.82, 2.24) is 16.0 Å². The molecule has 2 aromatic rings. The van der Waals surface area contributed by atoms with Gasteiger partial charge in [-0.1, -0.05) is 35.3 Å². The van der Waals surface area contributed by atoms with E-state index in [0.29, 0.717) is 24.0 Å². The molecule has 198 valence electrons. The lowest BCUT2D eigenvalue weighted by molar-refractivity contribution is -0.138. The first-order valence-corrected chi connectivity index (χ1v) is 12.1. The second-order valence-electron chi connectivity index (χ2n) is 8.14. The van der Waals surface area contributed by atoms with Crippen molar-refractivity contribution < 1.29 is 29.3 Å². The maximum Gasteiger partial charge on any atom is 0.328 e. The van der Waals surface area contributed by atoms with E-state index in [9.17, 15) is 29.3 Å². The van der Waals surface area contributed by atoms with Crippen molar-refractivity contribution in [2.75, 3.05) is 19.8 Å². The summed E-state index contributed by atoms with van der Waals surface area (Å²) in [4.78, 5) is 32.5. The molecule has 13 heteroatoms. The molecular weight excluding hydrogens is 528 g/mol. The molecule has 2 unspecified atom stereocenters. The van der Waals surface area contributed by atoms with Gasteiger partial charge in [0.1, 0.15) is 18.5 Å². The molecule has 1 aliphatic rings. The smallest absolute Gasteiger partial charge is 0.328 e. The molecule has 6 N–H and O–H groups in total. The van der Waals surface area contributed by atoms with Gasteiger partial charge in [0.2, 0.25) is 0 Å². The Hall–Kier alpha value is -3.41. The second-order valence-corrected chi connectivity index (χ2v) is 8.95. The average molecular weight is 554 g/mol. The van der Waals surface area contributed by atoms with Gasteiger partial charge in [0.15, 0.2) is 12.1 Å². The lowest BCUT2D eigenvalue weighted by Gasteiger charge is -2.16. The van der Waals surface area contributed by atoms with Crippen molar-refractivity contribution in [3.63, 3.8) is 0 Å². The van der Waals surface area contributed by atoms with Crippen LogP contribution in [0.4, 0.5) is 4.39 Å². The zero-order valence-electron chi connectivity index (χ0n) is 19.5. The molecule has 10 nitrogen and oxygen atoms in total. The number of amides is 1. The summed E-state index contributed by atoms with van der Waals surface area (Å²) in [6.45, 7) is -1.05. The molecule has 1 amide bonds. The summed E-state index contributed by atoms with van der Waals surface area (Å²) >= 11 is 12.6. The quantitative estimate of drug-likeness (QED) is 0.174. The van der Waals surface area contributed by atoms with Crippen LogP contribution in [0.2, 0.25) is 10.0 Å². The molecule has 2 aromatic carbocycles. The number of halogens is 3. The van der Waals surface area contributed by atoms with E-state index in [1.807, 2.05) is 0 Å². The van der Waals surface area contributed by atoms with Crippen LogP contribution in [0.15, 0.2) is 46.4 Å². The Morgan fingerprint density at radius 1 is 1.19 bits per heavy atom. The summed E-state index contributed by atoms with van der Waals surface area (Å²) in [5.41, 5.74) is 1.11. The van der Waals surface area contributed by atoms with E-state index in [1.165, 1.54) is 24.3 Å². The van der Waals surface area contributed by atoms with E-state index in [1.54, 1.807) is 18.3 Å². The number of carboxylic acid groups (broad SMARTS) is 1. The minimum atomic E-state index is -1.42. The Bertz CT molecular complexity index is 1170. The summed E-state index contributed by atoms with van der Waals surface area (Å²) in [5.74, 6) is -1.95. The number of nitrogens with one attached hydrogen (secondary N) is 3. The van der Waals surface area contributed by atoms with Crippen molar-refractivity contribution in [2.45, 2.75) is 31.2 Å². The number of aliphatic imine (C=N–C) groups is 2. The highest BCUT2D eigenvalue weighted by molar-refractivity contribution is 6.39. The van der Waals surface area contributed by atoms with E-state index in [2.05, 4.69) is 25.9 Å². The topological polar surface area (TPSA) is 156 Å². The zero-order chi connectivity index (χ0) is 26.9. The maximum absolute atomic E-state index is 12.8. The van der Waals surface area contributed by atoms with E-state index in [-0.39, 0.29) is 46.6 Å². The van der Waals surface area contributed by atoms with Gasteiger partial charge in [0, 0.05) is 12.8 Å². The van der Waals surface area contributed by atoms with Gasteiger partial charge in [0.05, 0.1) is 28.3 Å². The molecule has 0 aliphatic carbocycles.